The molecule has 23 nitrogen and oxygen atoms in total. The number of benzene rings is 9. The van der Waals surface area contributed by atoms with Crippen molar-refractivity contribution in [2.75, 3.05) is 76.2 Å². The Hall–Kier alpha value is -10.1. The molecular formula is C93H104N8O15S6. The first-order valence-corrected chi connectivity index (χ1v) is 45.5. The standard InChI is InChI=1S/C93H104N8O15S6/c1-93(2,3)116-89(109)95-45-23-22-37-69(96-84(104)72-40-43-75(87(107)100-49-53-121-91(100)118)81(114-61-67-33-18-8-19-34-67)78(72)111-58-64-27-12-5-13-28-64)55-98(47-46-94-83(103)71-39-42-74(86(106)99-48-52-120-90(99)117)80(113-60-66-31-16-7-17-32-66)77(71)110-57-63-25-10-4-11-26-63)56-70(38-24-51-102)97-85(105)73-41-44-76(88(108)101-50-54-122-92(101)119)82(115-62-68-35-20-9-21-36-68)79(73)112-59-65-29-14-6-15-30-65/h4-21,25-36,39-44,69-70,90-92,102,117-119H,22-24,37-38,45-62H2,1-3H3,(H,94,103)(H,95,109)(H,96,104)(H,97,105)/t69-,70-,90?,91?,92?/m0/s1. The largest absolute Gasteiger partial charge is 0.484 e. The van der Waals surface area contributed by atoms with Gasteiger partial charge in [-0.3, -0.25) is 33.7 Å². The molecule has 3 fully saturated rings. The Kier molecular flexibility index (Phi) is 34.2. The van der Waals surface area contributed by atoms with Gasteiger partial charge >= 0.3 is 6.09 Å². The van der Waals surface area contributed by atoms with Crippen molar-refractivity contribution in [2.45, 2.75) is 124 Å². The third-order valence-electron chi connectivity index (χ3n) is 20.2. The molecule has 0 aromatic heterocycles. The minimum atomic E-state index is -0.806. The molecule has 3 unspecified atom stereocenters. The van der Waals surface area contributed by atoms with Crippen LogP contribution >= 0.6 is 73.2 Å². The molecule has 642 valence electrons. The SMILES string of the molecule is CC(C)(C)OC(=O)NCCCC[C@@H](CN(CCNC(=O)c1ccc(C(=O)N2CCSC2S)c(OCc2ccccc2)c1OCc1ccccc1)C[C@H](CCCO)NC(=O)c1ccc(C(=O)N2CCSC2S)c(OCc2ccccc2)c1OCc1ccccc1)NC(=O)c1ccc(C(=O)N2CCSC2S)c(OCc2ccccc2)c1OCc1ccccc1. The lowest BCUT2D eigenvalue weighted by molar-refractivity contribution is 0.0525. The van der Waals surface area contributed by atoms with Crippen LogP contribution in [-0.4, -0.2) is 174 Å². The van der Waals surface area contributed by atoms with E-state index in [1.165, 1.54) is 35.3 Å². The smallest absolute Gasteiger partial charge is 0.407 e. The molecule has 122 heavy (non-hydrogen) atoms. The van der Waals surface area contributed by atoms with Crippen molar-refractivity contribution in [1.82, 2.24) is 40.9 Å². The van der Waals surface area contributed by atoms with Crippen molar-refractivity contribution in [3.8, 4) is 34.5 Å². The number of nitrogens with zero attached hydrogens (tertiary/aromatic N) is 4. The average Bonchev–Trinajstić information content (AvgIpc) is 1.01. The fourth-order valence-corrected chi connectivity index (χ4v) is 18.3. The molecule has 29 heteroatoms. The summed E-state index contributed by atoms with van der Waals surface area (Å²) in [5, 5.41) is 23.5. The number of thiol groups is 3. The first-order chi connectivity index (χ1) is 59.2. The molecule has 0 saturated carbocycles. The zero-order valence-electron chi connectivity index (χ0n) is 68.5. The Morgan fingerprint density at radius 3 is 0.967 bits per heavy atom. The van der Waals surface area contributed by atoms with E-state index in [0.29, 0.717) is 49.7 Å². The van der Waals surface area contributed by atoms with E-state index in [4.69, 9.17) is 71.0 Å². The maximum atomic E-state index is 16.0. The normalized spacial score (nSPS) is 15.5. The van der Waals surface area contributed by atoms with E-state index in [9.17, 15) is 24.3 Å². The summed E-state index contributed by atoms with van der Waals surface area (Å²) in [4.78, 5) is 112. The molecule has 3 heterocycles. The van der Waals surface area contributed by atoms with Gasteiger partial charge in [0.25, 0.3) is 35.4 Å². The Labute approximate surface area is 742 Å². The van der Waals surface area contributed by atoms with Crippen LogP contribution in [0.15, 0.2) is 218 Å². The highest BCUT2D eigenvalue weighted by Gasteiger charge is 2.38. The first-order valence-electron chi connectivity index (χ1n) is 40.8. The molecule has 0 bridgehead atoms. The average molecular weight is 1770 g/mol. The van der Waals surface area contributed by atoms with Crippen LogP contribution in [-0.2, 0) is 44.4 Å². The number of nitrogens with one attached hydrogen (secondary N) is 4. The van der Waals surface area contributed by atoms with Gasteiger partial charge in [0.15, 0.2) is 34.5 Å². The van der Waals surface area contributed by atoms with E-state index in [0.717, 1.165) is 33.4 Å². The van der Waals surface area contributed by atoms with Gasteiger partial charge < -0.3 is 74.2 Å². The van der Waals surface area contributed by atoms with Crippen molar-refractivity contribution in [3.63, 3.8) is 0 Å². The molecule has 3 saturated heterocycles. The van der Waals surface area contributed by atoms with E-state index in [1.807, 2.05) is 187 Å². The van der Waals surface area contributed by atoms with Crippen molar-refractivity contribution >= 4 is 115 Å². The summed E-state index contributed by atoms with van der Waals surface area (Å²) in [5.74, 6) is -0.690. The number of carbonyl (C=O) groups is 7. The van der Waals surface area contributed by atoms with E-state index in [-0.39, 0.29) is 184 Å². The lowest BCUT2D eigenvalue weighted by Gasteiger charge is -2.32. The van der Waals surface area contributed by atoms with Crippen LogP contribution in [0.3, 0.4) is 0 Å². The fourth-order valence-electron chi connectivity index (χ4n) is 14.0. The molecule has 3 aliphatic rings. The quantitative estimate of drug-likeness (QED) is 0.0131. The zero-order valence-corrected chi connectivity index (χ0v) is 73.6. The van der Waals surface area contributed by atoms with E-state index in [2.05, 4.69) is 21.3 Å². The predicted octanol–water partition coefficient (Wildman–Crippen LogP) is 15.5. The molecule has 9 aromatic carbocycles. The number of unbranched alkanes of at least 4 members (excludes halogenated alkanes) is 1. The molecule has 0 radical (unpaired) electrons. The second kappa shape index (κ2) is 45.9. The number of amides is 7. The van der Waals surface area contributed by atoms with E-state index < -0.39 is 55.6 Å². The van der Waals surface area contributed by atoms with Gasteiger partial charge in [-0.15, -0.1) is 73.2 Å². The summed E-state index contributed by atoms with van der Waals surface area (Å²) in [6.45, 7) is 6.57. The van der Waals surface area contributed by atoms with Gasteiger partial charge in [0, 0.05) is 88.3 Å². The van der Waals surface area contributed by atoms with E-state index in [1.54, 1.807) is 71.9 Å². The maximum absolute atomic E-state index is 16.0. The molecule has 3 aliphatic heterocycles. The fraction of sp³-hybridized carbons (Fsp3) is 0.344. The summed E-state index contributed by atoms with van der Waals surface area (Å²) in [7, 11) is 0. The highest BCUT2D eigenvalue weighted by atomic mass is 32.2. The van der Waals surface area contributed by atoms with E-state index >= 15 is 14.4 Å². The van der Waals surface area contributed by atoms with Crippen LogP contribution < -0.4 is 49.7 Å². The van der Waals surface area contributed by atoms with Crippen LogP contribution in [0.4, 0.5) is 4.79 Å². The van der Waals surface area contributed by atoms with Crippen molar-refractivity contribution in [1.29, 1.82) is 0 Å². The van der Waals surface area contributed by atoms with Crippen molar-refractivity contribution < 1.29 is 71.8 Å². The minimum absolute atomic E-state index is 0.00246. The topological polar surface area (TPSA) is 265 Å². The lowest BCUT2D eigenvalue weighted by Crippen LogP contribution is -2.51. The summed E-state index contributed by atoms with van der Waals surface area (Å²) >= 11 is 18.9. The molecule has 5 N–H and O–H groups in total. The van der Waals surface area contributed by atoms with Gasteiger partial charge in [-0.1, -0.05) is 182 Å². The number of alkyl carbamates (subject to hydrolysis) is 1. The van der Waals surface area contributed by atoms with Crippen molar-refractivity contribution in [2.24, 2.45) is 0 Å². The minimum Gasteiger partial charge on any atom is -0.484 e. The highest BCUT2D eigenvalue weighted by molar-refractivity contribution is 8.11. The Bertz CT molecular complexity index is 4960. The number of hydrogen-bond donors (Lipinski definition) is 8. The van der Waals surface area contributed by atoms with Crippen LogP contribution in [0, 0.1) is 0 Å². The predicted molar refractivity (Wildman–Crippen MR) is 488 cm³/mol. The second-order valence-electron chi connectivity index (χ2n) is 30.3. The Morgan fingerprint density at radius 1 is 0.393 bits per heavy atom. The molecular weight excluding hydrogens is 1660 g/mol. The maximum Gasteiger partial charge on any atom is 0.407 e. The van der Waals surface area contributed by atoms with Gasteiger partial charge in [0.2, 0.25) is 0 Å². The van der Waals surface area contributed by atoms with Crippen LogP contribution in [0.2, 0.25) is 0 Å². The second-order valence-corrected chi connectivity index (χ2v) is 36.4. The van der Waals surface area contributed by atoms with Gasteiger partial charge in [0.1, 0.15) is 59.4 Å². The summed E-state index contributed by atoms with van der Waals surface area (Å²) in [5.41, 5.74) is 4.57. The number of hydrogen-bond acceptors (Lipinski definition) is 22. The van der Waals surface area contributed by atoms with Gasteiger partial charge in [-0.25, -0.2) is 4.79 Å². The third-order valence-corrected chi connectivity index (χ3v) is 25.3. The number of aliphatic hydroxyl groups is 1. The summed E-state index contributed by atoms with van der Waals surface area (Å²) in [6.07, 6.45) is 0.968. The zero-order chi connectivity index (χ0) is 85.7. The molecule has 0 spiro atoms. The van der Waals surface area contributed by atoms with Gasteiger partial charge in [0.05, 0.1) is 33.4 Å². The molecule has 9 aromatic rings. The molecule has 5 atom stereocenters. The highest BCUT2D eigenvalue weighted by Crippen LogP contribution is 2.44. The Balaban J connectivity index is 0.938. The Morgan fingerprint density at radius 2 is 0.680 bits per heavy atom. The van der Waals surface area contributed by atoms with Crippen LogP contribution in [0.25, 0.3) is 0 Å². The van der Waals surface area contributed by atoms with Crippen LogP contribution in [0.1, 0.15) is 148 Å². The third kappa shape index (κ3) is 26.0. The summed E-state index contributed by atoms with van der Waals surface area (Å²) in [6, 6.07) is 64.3. The van der Waals surface area contributed by atoms with Crippen molar-refractivity contribution in [3.05, 3.63) is 285 Å². The molecule has 7 amide bonds. The monoisotopic (exact) mass is 1760 g/mol. The lowest BCUT2D eigenvalue weighted by atomic mass is 10.0. The first kappa shape index (κ1) is 91.1. The number of aliphatic hydroxyl groups excluding tert-OH is 1. The van der Waals surface area contributed by atoms with Crippen LogP contribution in [0.5, 0.6) is 34.5 Å². The molecule has 12 rings (SSSR count). The number of ether oxygens (including phenoxy) is 7. The van der Waals surface area contributed by atoms with Gasteiger partial charge in [-0.2, -0.15) is 0 Å². The summed E-state index contributed by atoms with van der Waals surface area (Å²) < 4.78 is 44.7. The van der Waals surface area contributed by atoms with Gasteiger partial charge in [-0.05, 0) is 123 Å². The number of rotatable bonds is 41. The number of carbonyl (C=O) groups excluding carboxylic acids is 7. The molecule has 0 aliphatic carbocycles. The number of thioether (sulfide) groups is 3.